The van der Waals surface area contributed by atoms with Gasteiger partial charge in [-0.15, -0.1) is 0 Å². The van der Waals surface area contributed by atoms with E-state index in [1.165, 1.54) is 24.8 Å². The molecule has 0 atom stereocenters. The second-order valence-electron chi connectivity index (χ2n) is 5.61. The fourth-order valence-electron chi connectivity index (χ4n) is 2.25. The first-order chi connectivity index (χ1) is 12.5. The Morgan fingerprint density at radius 2 is 1.22 bits per heavy atom. The molecule has 0 saturated carbocycles. The van der Waals surface area contributed by atoms with Crippen molar-refractivity contribution in [1.82, 2.24) is 9.97 Å². The summed E-state index contributed by atoms with van der Waals surface area (Å²) in [6.07, 6.45) is 5.72. The number of aliphatic hydroxyl groups is 2. The second-order valence-corrected chi connectivity index (χ2v) is 5.61. The van der Waals surface area contributed by atoms with E-state index in [-0.39, 0.29) is 41.8 Å². The summed E-state index contributed by atoms with van der Waals surface area (Å²) in [7, 11) is 0. The van der Waals surface area contributed by atoms with Crippen molar-refractivity contribution >= 4 is 12.4 Å². The Morgan fingerprint density at radius 3 is 1.56 bits per heavy atom. The first kappa shape index (κ1) is 22.7. The summed E-state index contributed by atoms with van der Waals surface area (Å²) in [6.45, 7) is 3.21. The van der Waals surface area contributed by atoms with Gasteiger partial charge in [0.2, 0.25) is 0 Å². The van der Waals surface area contributed by atoms with Crippen molar-refractivity contribution in [2.75, 3.05) is 13.1 Å². The van der Waals surface area contributed by atoms with Crippen LogP contribution < -0.4 is 10.2 Å². The molecule has 147 valence electrons. The molecule has 0 saturated heterocycles. The maximum Gasteiger partial charge on any atom is 2.00 e. The van der Waals surface area contributed by atoms with Gasteiger partial charge in [-0.05, 0) is 25.0 Å². The molecule has 0 aliphatic rings. The van der Waals surface area contributed by atoms with Crippen molar-refractivity contribution in [3.05, 3.63) is 46.0 Å². The third kappa shape index (κ3) is 5.58. The molecule has 2 rings (SSSR count). The largest absolute Gasteiger partial charge is 2.00 e. The molecule has 0 spiro atoms. The van der Waals surface area contributed by atoms with Gasteiger partial charge in [0.05, 0.1) is 26.3 Å². The summed E-state index contributed by atoms with van der Waals surface area (Å²) >= 11 is 0. The molecule has 0 bridgehead atoms. The Bertz CT molecular complexity index is 771. The van der Waals surface area contributed by atoms with Gasteiger partial charge >= 0.3 is 17.1 Å². The zero-order valence-electron chi connectivity index (χ0n) is 14.9. The number of aliphatic imine (C=N–C) groups is 2. The van der Waals surface area contributed by atoms with E-state index >= 15 is 0 Å². The van der Waals surface area contributed by atoms with Crippen molar-refractivity contribution in [3.8, 4) is 11.5 Å². The molecule has 1 radical (unpaired) electrons. The van der Waals surface area contributed by atoms with E-state index < -0.39 is 0 Å². The van der Waals surface area contributed by atoms with Crippen molar-refractivity contribution < 1.29 is 37.5 Å². The Kier molecular flexibility index (Phi) is 9.04. The molecule has 0 amide bonds. The minimum atomic E-state index is -0.292. The molecule has 0 fully saturated rings. The minimum absolute atomic E-state index is 0. The van der Waals surface area contributed by atoms with Gasteiger partial charge < -0.3 is 20.4 Å². The van der Waals surface area contributed by atoms with Crippen LogP contribution in [0.5, 0.6) is 11.5 Å². The molecule has 27 heavy (non-hydrogen) atoms. The van der Waals surface area contributed by atoms with Gasteiger partial charge in [0, 0.05) is 47.3 Å². The number of aryl methyl sites for hydroxylation is 2. The number of rotatable bonds is 7. The first-order valence-corrected chi connectivity index (χ1v) is 8.01. The summed E-state index contributed by atoms with van der Waals surface area (Å²) in [4.78, 5) is 16.1. The van der Waals surface area contributed by atoms with Crippen LogP contribution >= 0.6 is 0 Å². The molecular weight excluding hydrogens is 400 g/mol. The molecule has 2 aromatic heterocycles. The van der Waals surface area contributed by atoms with E-state index in [0.29, 0.717) is 46.7 Å². The standard InChI is InChI=1S/C18H22N4O4.Cu/c1-11-17(25)15(13(9-23)5-21-11)7-19-3-4-20-8-16-14(10-24)6-22-12(2)18(16)26;/h5-8,23-26H,3-4,9-10H2,1-2H3;/q;+2/p-2. The molecule has 0 aliphatic heterocycles. The maximum atomic E-state index is 12.0. The number of aromatic nitrogens is 2. The molecule has 8 nitrogen and oxygen atoms in total. The monoisotopic (exact) mass is 419 g/mol. The number of nitrogens with zero attached hydrogens (tertiary/aromatic N) is 4. The molecule has 2 aromatic rings. The van der Waals surface area contributed by atoms with Gasteiger partial charge in [0.1, 0.15) is 0 Å². The fraction of sp³-hybridized carbons (Fsp3) is 0.333. The average molecular weight is 420 g/mol. The van der Waals surface area contributed by atoms with Crippen LogP contribution in [0.15, 0.2) is 22.4 Å². The number of hydrogen-bond acceptors (Lipinski definition) is 8. The van der Waals surface area contributed by atoms with Gasteiger partial charge in [-0.25, -0.2) is 0 Å². The number of pyridine rings is 2. The van der Waals surface area contributed by atoms with E-state index in [1.54, 1.807) is 13.8 Å². The van der Waals surface area contributed by atoms with E-state index in [1.807, 2.05) is 0 Å². The van der Waals surface area contributed by atoms with Gasteiger partial charge in [-0.2, -0.15) is 0 Å². The molecule has 2 heterocycles. The minimum Gasteiger partial charge on any atom is -0.871 e. The van der Waals surface area contributed by atoms with Crippen LogP contribution in [0.3, 0.4) is 0 Å². The zero-order chi connectivity index (χ0) is 19.1. The predicted molar refractivity (Wildman–Crippen MR) is 93.6 cm³/mol. The quantitative estimate of drug-likeness (QED) is 0.361. The molecule has 0 unspecified atom stereocenters. The summed E-state index contributed by atoms with van der Waals surface area (Å²) < 4.78 is 0. The van der Waals surface area contributed by atoms with E-state index in [2.05, 4.69) is 20.0 Å². The van der Waals surface area contributed by atoms with E-state index in [9.17, 15) is 20.4 Å². The predicted octanol–water partition coefficient (Wildman–Crippen LogP) is -0.239. The SMILES string of the molecule is Cc1ncc(CO)c(C=NCCN=Cc2c(CO)cnc(C)c2[O-])c1[O-].[Cu+2]. The molecule has 2 N–H and O–H groups in total. The smallest absolute Gasteiger partial charge is 0.871 e. The molecular formula is C18H20CuN4O4. The van der Waals surface area contributed by atoms with Crippen LogP contribution in [-0.2, 0) is 30.3 Å². The van der Waals surface area contributed by atoms with Crippen LogP contribution in [0.2, 0.25) is 0 Å². The van der Waals surface area contributed by atoms with Gasteiger partial charge in [-0.3, -0.25) is 20.0 Å². The van der Waals surface area contributed by atoms with Gasteiger partial charge in [0.15, 0.2) is 0 Å². The van der Waals surface area contributed by atoms with Crippen LogP contribution in [-0.4, -0.2) is 45.7 Å². The third-order valence-corrected chi connectivity index (χ3v) is 3.81. The Morgan fingerprint density at radius 1 is 0.852 bits per heavy atom. The molecule has 9 heteroatoms. The summed E-state index contributed by atoms with van der Waals surface area (Å²) in [6, 6.07) is 0. The van der Waals surface area contributed by atoms with Crippen molar-refractivity contribution in [3.63, 3.8) is 0 Å². The van der Waals surface area contributed by atoms with Crippen LogP contribution in [0, 0.1) is 13.8 Å². The van der Waals surface area contributed by atoms with Crippen molar-refractivity contribution in [2.24, 2.45) is 9.98 Å². The van der Waals surface area contributed by atoms with E-state index in [0.717, 1.165) is 0 Å². The Labute approximate surface area is 167 Å². The second kappa shape index (κ2) is 10.7. The Hall–Kier alpha value is -2.32. The van der Waals surface area contributed by atoms with Crippen LogP contribution in [0.4, 0.5) is 0 Å². The maximum absolute atomic E-state index is 12.0. The van der Waals surface area contributed by atoms with Gasteiger partial charge in [-0.1, -0.05) is 11.5 Å². The van der Waals surface area contributed by atoms with E-state index in [4.69, 9.17) is 0 Å². The fourth-order valence-corrected chi connectivity index (χ4v) is 2.25. The first-order valence-electron chi connectivity index (χ1n) is 8.01. The number of hydrogen-bond donors (Lipinski definition) is 2. The zero-order valence-corrected chi connectivity index (χ0v) is 15.9. The topological polar surface area (TPSA) is 137 Å². The third-order valence-electron chi connectivity index (χ3n) is 3.81. The van der Waals surface area contributed by atoms with Crippen molar-refractivity contribution in [1.29, 1.82) is 0 Å². The normalized spacial score (nSPS) is 11.3. The van der Waals surface area contributed by atoms with Crippen LogP contribution in [0.1, 0.15) is 33.6 Å². The summed E-state index contributed by atoms with van der Waals surface area (Å²) in [5.41, 5.74) is 2.16. The van der Waals surface area contributed by atoms with Gasteiger partial charge in [0.25, 0.3) is 0 Å². The number of aliphatic hydroxyl groups excluding tert-OH is 2. The summed E-state index contributed by atoms with van der Waals surface area (Å²) in [5, 5.41) is 42.6. The molecule has 0 aromatic carbocycles. The summed E-state index contributed by atoms with van der Waals surface area (Å²) in [5.74, 6) is -0.528. The average Bonchev–Trinajstić information content (AvgIpc) is 2.64. The molecule has 0 aliphatic carbocycles. The Balaban J connectivity index is 0.00000364. The van der Waals surface area contributed by atoms with Crippen LogP contribution in [0.25, 0.3) is 0 Å². The van der Waals surface area contributed by atoms with Crippen molar-refractivity contribution in [2.45, 2.75) is 27.1 Å².